The highest BCUT2D eigenvalue weighted by atomic mass is 19.1. The number of rotatable bonds is 11. The van der Waals surface area contributed by atoms with Crippen LogP contribution in [-0.4, -0.2) is 46.3 Å². The molecule has 1 saturated heterocycles. The first-order valence-electron chi connectivity index (χ1n) is 12.0. The molecule has 9 nitrogen and oxygen atoms in total. The van der Waals surface area contributed by atoms with Gasteiger partial charge in [-0.3, -0.25) is 14.4 Å². The minimum atomic E-state index is -1.18. The first-order chi connectivity index (χ1) is 18.2. The number of nitrogens with zero attached hydrogens (tertiary/aromatic N) is 1. The summed E-state index contributed by atoms with van der Waals surface area (Å²) in [5, 5.41) is 32.2. The van der Waals surface area contributed by atoms with E-state index in [1.165, 1.54) is 30.3 Å². The first-order valence-corrected chi connectivity index (χ1v) is 12.0. The second kappa shape index (κ2) is 11.7. The second-order valence-corrected chi connectivity index (χ2v) is 8.92. The van der Waals surface area contributed by atoms with Crippen LogP contribution in [0.2, 0.25) is 0 Å². The summed E-state index contributed by atoms with van der Waals surface area (Å²) in [6, 6.07) is 18.5. The minimum Gasteiger partial charge on any atom is -0.507 e. The van der Waals surface area contributed by atoms with Crippen molar-refractivity contribution >= 4 is 23.5 Å². The fourth-order valence-corrected chi connectivity index (χ4v) is 4.49. The third-order valence-electron chi connectivity index (χ3n) is 6.38. The van der Waals surface area contributed by atoms with Crippen molar-refractivity contribution in [1.29, 1.82) is 0 Å². The van der Waals surface area contributed by atoms with E-state index in [1.54, 1.807) is 41.3 Å². The summed E-state index contributed by atoms with van der Waals surface area (Å²) in [6.07, 6.45) is -0.298. The largest absolute Gasteiger partial charge is 0.507 e. The quantitative estimate of drug-likeness (QED) is 0.284. The smallest absolute Gasteiger partial charge is 0.322 e. The third kappa shape index (κ3) is 6.09. The number of phenolic OH excluding ortho intramolecular Hbond substituents is 1. The highest BCUT2D eigenvalue weighted by Crippen LogP contribution is 2.49. The number of anilines is 1. The fraction of sp³-hybridized carbons (Fsp3) is 0.250. The number of hydrogen-bond donors (Lipinski definition) is 4. The molecule has 4 N–H and O–H groups in total. The van der Waals surface area contributed by atoms with Crippen LogP contribution in [0.25, 0.3) is 0 Å². The summed E-state index contributed by atoms with van der Waals surface area (Å²) < 4.78 is 18.6. The molecule has 4 rings (SSSR count). The van der Waals surface area contributed by atoms with E-state index in [1.807, 2.05) is 6.07 Å². The average molecular weight is 523 g/mol. The zero-order chi connectivity index (χ0) is 27.2. The van der Waals surface area contributed by atoms with E-state index in [4.69, 9.17) is 9.84 Å². The maximum absolute atomic E-state index is 13.2. The molecule has 38 heavy (non-hydrogen) atoms. The van der Waals surface area contributed by atoms with Crippen molar-refractivity contribution in [2.75, 3.05) is 18.1 Å². The molecule has 0 saturated carbocycles. The SMILES string of the molecule is O=C(O)CNC(=O)COc1ccc(C2C(CCC(O)c3ccc(F)cc3)C(=O)N2c2ccccc2)c(O)c1. The van der Waals surface area contributed by atoms with Crippen molar-refractivity contribution in [2.24, 2.45) is 5.92 Å². The van der Waals surface area contributed by atoms with E-state index in [-0.39, 0.29) is 23.8 Å². The van der Waals surface area contributed by atoms with E-state index in [0.717, 1.165) is 0 Å². The van der Waals surface area contributed by atoms with Gasteiger partial charge in [-0.15, -0.1) is 0 Å². The molecule has 0 bridgehead atoms. The number of carboxylic acid groups (broad SMARTS) is 1. The zero-order valence-electron chi connectivity index (χ0n) is 20.3. The molecular formula is C28H27FN2O7. The number of carbonyl (C=O) groups is 3. The maximum atomic E-state index is 13.2. The first kappa shape index (κ1) is 26.6. The molecule has 1 heterocycles. The molecule has 2 amide bonds. The van der Waals surface area contributed by atoms with Gasteiger partial charge in [0.05, 0.1) is 18.1 Å². The molecule has 0 radical (unpaired) electrons. The number of amides is 2. The number of aliphatic hydroxyl groups is 1. The van der Waals surface area contributed by atoms with Crippen molar-refractivity contribution in [3.05, 3.63) is 89.7 Å². The van der Waals surface area contributed by atoms with E-state index in [0.29, 0.717) is 23.2 Å². The number of nitrogens with one attached hydrogen (secondary N) is 1. The Morgan fingerprint density at radius 3 is 2.42 bits per heavy atom. The molecule has 0 aliphatic carbocycles. The van der Waals surface area contributed by atoms with Crippen molar-refractivity contribution in [2.45, 2.75) is 25.0 Å². The molecule has 10 heteroatoms. The lowest BCUT2D eigenvalue weighted by atomic mass is 9.78. The van der Waals surface area contributed by atoms with E-state index < -0.39 is 48.9 Å². The number of benzene rings is 3. The lowest BCUT2D eigenvalue weighted by molar-refractivity contribution is -0.138. The van der Waals surface area contributed by atoms with E-state index in [9.17, 15) is 29.0 Å². The van der Waals surface area contributed by atoms with Gasteiger partial charge in [-0.2, -0.15) is 0 Å². The van der Waals surface area contributed by atoms with Gasteiger partial charge in [0.1, 0.15) is 23.9 Å². The topological polar surface area (TPSA) is 136 Å². The molecule has 1 fully saturated rings. The Labute approximate surface area is 218 Å². The summed E-state index contributed by atoms with van der Waals surface area (Å²) in [4.78, 5) is 37.1. The van der Waals surface area contributed by atoms with Crippen molar-refractivity contribution < 1.29 is 38.8 Å². The van der Waals surface area contributed by atoms with Crippen LogP contribution in [0.4, 0.5) is 10.1 Å². The van der Waals surface area contributed by atoms with Gasteiger partial charge in [-0.25, -0.2) is 4.39 Å². The summed E-state index contributed by atoms with van der Waals surface area (Å²) in [5.41, 5.74) is 1.68. The Balaban J connectivity index is 1.50. The van der Waals surface area contributed by atoms with Gasteiger partial charge in [0.2, 0.25) is 5.91 Å². The lowest BCUT2D eigenvalue weighted by Gasteiger charge is -2.48. The van der Waals surface area contributed by atoms with Crippen molar-refractivity contribution in [1.82, 2.24) is 5.32 Å². The predicted molar refractivity (Wildman–Crippen MR) is 135 cm³/mol. The molecule has 3 aromatic carbocycles. The Bertz CT molecular complexity index is 1300. The Kier molecular flexibility index (Phi) is 8.22. The number of para-hydroxylation sites is 1. The molecule has 1 aliphatic rings. The summed E-state index contributed by atoms with van der Waals surface area (Å²) in [7, 11) is 0. The van der Waals surface area contributed by atoms with Gasteiger partial charge in [0, 0.05) is 17.3 Å². The Morgan fingerprint density at radius 2 is 1.76 bits per heavy atom. The second-order valence-electron chi connectivity index (χ2n) is 8.92. The maximum Gasteiger partial charge on any atom is 0.322 e. The number of hydrogen-bond acceptors (Lipinski definition) is 6. The number of halogens is 1. The van der Waals surface area contributed by atoms with Crippen LogP contribution in [0.5, 0.6) is 11.5 Å². The molecular weight excluding hydrogens is 495 g/mol. The standard InChI is InChI=1S/C28H27FN2O7/c29-18-8-6-17(7-9-18)23(32)13-12-22-27(31(28(22)37)19-4-2-1-3-5-19)21-11-10-20(14-24(21)33)38-16-25(34)30-15-26(35)36/h1-11,14,22-23,27,32-33H,12-13,15-16H2,(H,30,34)(H,35,36). The van der Waals surface area contributed by atoms with Gasteiger partial charge in [0.25, 0.3) is 5.91 Å². The third-order valence-corrected chi connectivity index (χ3v) is 6.38. The lowest BCUT2D eigenvalue weighted by Crippen LogP contribution is -2.55. The highest BCUT2D eigenvalue weighted by Gasteiger charge is 2.49. The van der Waals surface area contributed by atoms with Crippen molar-refractivity contribution in [3.8, 4) is 11.5 Å². The Hall–Kier alpha value is -4.44. The molecule has 1 aliphatic heterocycles. The monoisotopic (exact) mass is 522 g/mol. The molecule has 3 unspecified atom stereocenters. The van der Waals surface area contributed by atoms with E-state index >= 15 is 0 Å². The number of aliphatic carboxylic acids is 1. The van der Waals surface area contributed by atoms with Gasteiger partial charge >= 0.3 is 5.97 Å². The summed E-state index contributed by atoms with van der Waals surface area (Å²) >= 11 is 0. The van der Waals surface area contributed by atoms with Gasteiger partial charge < -0.3 is 30.3 Å². The van der Waals surface area contributed by atoms with Crippen LogP contribution in [0.3, 0.4) is 0 Å². The molecule has 198 valence electrons. The van der Waals surface area contributed by atoms with Crippen LogP contribution in [0.15, 0.2) is 72.8 Å². The number of carbonyl (C=O) groups excluding carboxylic acids is 2. The van der Waals surface area contributed by atoms with Gasteiger partial charge in [0.15, 0.2) is 6.61 Å². The predicted octanol–water partition coefficient (Wildman–Crippen LogP) is 3.33. The molecule has 3 aromatic rings. The van der Waals surface area contributed by atoms with Crippen LogP contribution >= 0.6 is 0 Å². The van der Waals surface area contributed by atoms with Crippen molar-refractivity contribution in [3.63, 3.8) is 0 Å². The Morgan fingerprint density at radius 1 is 1.05 bits per heavy atom. The molecule has 0 aromatic heterocycles. The normalized spacial score (nSPS) is 17.4. The highest BCUT2D eigenvalue weighted by molar-refractivity contribution is 6.03. The van der Waals surface area contributed by atoms with E-state index in [2.05, 4.69) is 5.32 Å². The number of phenols is 1. The average Bonchev–Trinajstić information content (AvgIpc) is 2.90. The molecule has 0 spiro atoms. The number of ether oxygens (including phenoxy) is 1. The van der Waals surface area contributed by atoms with Gasteiger partial charge in [-0.1, -0.05) is 30.3 Å². The zero-order valence-corrected chi connectivity index (χ0v) is 20.3. The minimum absolute atomic E-state index is 0.143. The number of aromatic hydroxyl groups is 1. The summed E-state index contributed by atoms with van der Waals surface area (Å²) in [6.45, 7) is -0.970. The number of aliphatic hydroxyl groups excluding tert-OH is 1. The molecule has 3 atom stereocenters. The van der Waals surface area contributed by atoms with Gasteiger partial charge in [-0.05, 0) is 54.8 Å². The summed E-state index contributed by atoms with van der Waals surface area (Å²) in [5.74, 6) is -2.84. The van der Waals surface area contributed by atoms with Crippen LogP contribution in [-0.2, 0) is 14.4 Å². The van der Waals surface area contributed by atoms with Crippen LogP contribution in [0.1, 0.15) is 36.1 Å². The van der Waals surface area contributed by atoms with Crippen LogP contribution < -0.4 is 15.0 Å². The number of β-lactam (4-membered cyclic amide) rings is 1. The fourth-order valence-electron chi connectivity index (χ4n) is 4.49. The van der Waals surface area contributed by atoms with Crippen LogP contribution in [0, 0.1) is 11.7 Å². The number of carboxylic acids is 1.